The summed E-state index contributed by atoms with van der Waals surface area (Å²) >= 11 is 0. The largest absolute Gasteiger partial charge is 0.374 e. The maximum absolute atomic E-state index is 6.11. The van der Waals surface area contributed by atoms with E-state index in [9.17, 15) is 0 Å². The Balaban J connectivity index is 1.80. The van der Waals surface area contributed by atoms with E-state index < -0.39 is 0 Å². The highest BCUT2D eigenvalue weighted by Gasteiger charge is 2.32. The molecule has 1 aromatic carbocycles. The van der Waals surface area contributed by atoms with E-state index in [1.165, 1.54) is 56.1 Å². The van der Waals surface area contributed by atoms with Crippen molar-refractivity contribution in [2.24, 2.45) is 5.73 Å². The van der Waals surface area contributed by atoms with Crippen LogP contribution >= 0.6 is 0 Å². The van der Waals surface area contributed by atoms with Gasteiger partial charge in [-0.15, -0.1) is 0 Å². The van der Waals surface area contributed by atoms with Crippen molar-refractivity contribution in [3.63, 3.8) is 0 Å². The Labute approximate surface area is 116 Å². The monoisotopic (exact) mass is 259 g/mol. The minimum atomic E-state index is 0.243. The van der Waals surface area contributed by atoms with E-state index in [0.29, 0.717) is 6.10 Å². The van der Waals surface area contributed by atoms with Crippen LogP contribution in [0.15, 0.2) is 24.3 Å². The molecule has 19 heavy (non-hydrogen) atoms. The Bertz CT molecular complexity index is 400. The van der Waals surface area contributed by atoms with E-state index in [1.807, 2.05) is 0 Å². The van der Waals surface area contributed by atoms with Gasteiger partial charge >= 0.3 is 0 Å². The van der Waals surface area contributed by atoms with Crippen molar-refractivity contribution >= 4 is 0 Å². The maximum Gasteiger partial charge on any atom is 0.0825 e. The second-order valence-corrected chi connectivity index (χ2v) is 6.17. The molecule has 1 aliphatic carbocycles. The van der Waals surface area contributed by atoms with Crippen molar-refractivity contribution in [1.29, 1.82) is 0 Å². The fourth-order valence-electron chi connectivity index (χ4n) is 3.73. The summed E-state index contributed by atoms with van der Waals surface area (Å²) in [6.07, 6.45) is 9.21. The first kappa shape index (κ1) is 13.1. The van der Waals surface area contributed by atoms with Crippen LogP contribution in [0.2, 0.25) is 0 Å². The smallest absolute Gasteiger partial charge is 0.0825 e. The average molecular weight is 259 g/mol. The normalized spacial score (nSPS) is 26.5. The number of hydrogen-bond donors (Lipinski definition) is 1. The Kier molecular flexibility index (Phi) is 3.90. The van der Waals surface area contributed by atoms with Gasteiger partial charge in [-0.1, -0.05) is 43.5 Å². The lowest BCUT2D eigenvalue weighted by Crippen LogP contribution is -2.37. The summed E-state index contributed by atoms with van der Waals surface area (Å²) in [5, 5.41) is 0. The third-order valence-electron chi connectivity index (χ3n) is 5.03. The van der Waals surface area contributed by atoms with Gasteiger partial charge in [0.2, 0.25) is 0 Å². The summed E-state index contributed by atoms with van der Waals surface area (Å²) in [5.74, 6) is 0. The number of hydrogen-bond acceptors (Lipinski definition) is 2. The highest BCUT2D eigenvalue weighted by Crippen LogP contribution is 2.39. The molecule has 2 fully saturated rings. The fourth-order valence-corrected chi connectivity index (χ4v) is 3.73. The first-order valence-electron chi connectivity index (χ1n) is 7.76. The first-order valence-corrected chi connectivity index (χ1v) is 7.76. The van der Waals surface area contributed by atoms with Gasteiger partial charge in [-0.3, -0.25) is 0 Å². The Morgan fingerprint density at radius 2 is 1.79 bits per heavy atom. The summed E-state index contributed by atoms with van der Waals surface area (Å²) in [6, 6.07) is 9.12. The Hall–Kier alpha value is -0.860. The molecular weight excluding hydrogens is 234 g/mol. The molecule has 2 N–H and O–H groups in total. The number of rotatable bonds is 3. The molecule has 1 saturated heterocycles. The van der Waals surface area contributed by atoms with Crippen LogP contribution in [0.1, 0.15) is 62.2 Å². The van der Waals surface area contributed by atoms with Crippen molar-refractivity contribution < 1.29 is 4.74 Å². The van der Waals surface area contributed by atoms with Crippen LogP contribution in [0, 0.1) is 0 Å². The van der Waals surface area contributed by atoms with Gasteiger partial charge in [0.05, 0.1) is 6.10 Å². The minimum absolute atomic E-state index is 0.243. The van der Waals surface area contributed by atoms with Gasteiger partial charge in [-0.2, -0.15) is 0 Å². The van der Waals surface area contributed by atoms with E-state index in [2.05, 4.69) is 24.3 Å². The molecule has 1 aromatic rings. The number of benzene rings is 1. The lowest BCUT2D eigenvalue weighted by atomic mass is 9.69. The molecule has 104 valence electrons. The molecule has 0 spiro atoms. The van der Waals surface area contributed by atoms with E-state index in [1.54, 1.807) is 0 Å². The second kappa shape index (κ2) is 5.64. The SMILES string of the molecule is NCC1(c2ccc(C3CCCO3)cc2)CCCCC1. The van der Waals surface area contributed by atoms with Crippen LogP contribution in [0.4, 0.5) is 0 Å². The predicted molar refractivity (Wildman–Crippen MR) is 78.2 cm³/mol. The van der Waals surface area contributed by atoms with Crippen LogP contribution in [-0.4, -0.2) is 13.2 Å². The van der Waals surface area contributed by atoms with Crippen LogP contribution in [0.25, 0.3) is 0 Å². The molecule has 0 bridgehead atoms. The van der Waals surface area contributed by atoms with Crippen LogP contribution in [-0.2, 0) is 10.2 Å². The molecule has 1 saturated carbocycles. The molecule has 1 atom stereocenters. The quantitative estimate of drug-likeness (QED) is 0.898. The Morgan fingerprint density at radius 1 is 1.05 bits per heavy atom. The van der Waals surface area contributed by atoms with E-state index in [4.69, 9.17) is 10.5 Å². The third-order valence-corrected chi connectivity index (χ3v) is 5.03. The highest BCUT2D eigenvalue weighted by molar-refractivity contribution is 5.31. The first-order chi connectivity index (χ1) is 9.34. The maximum atomic E-state index is 6.11. The van der Waals surface area contributed by atoms with Gasteiger partial charge < -0.3 is 10.5 Å². The molecule has 1 unspecified atom stereocenters. The molecule has 0 radical (unpaired) electrons. The minimum Gasteiger partial charge on any atom is -0.374 e. The lowest BCUT2D eigenvalue weighted by molar-refractivity contribution is 0.112. The lowest BCUT2D eigenvalue weighted by Gasteiger charge is -2.37. The molecule has 0 aromatic heterocycles. The molecule has 1 aliphatic heterocycles. The topological polar surface area (TPSA) is 35.2 Å². The summed E-state index contributed by atoms with van der Waals surface area (Å²) in [4.78, 5) is 0. The second-order valence-electron chi connectivity index (χ2n) is 6.17. The van der Waals surface area contributed by atoms with E-state index in [-0.39, 0.29) is 5.41 Å². The number of nitrogens with two attached hydrogens (primary N) is 1. The third kappa shape index (κ3) is 2.56. The van der Waals surface area contributed by atoms with Crippen molar-refractivity contribution in [3.8, 4) is 0 Å². The molecule has 2 heteroatoms. The zero-order chi connectivity index (χ0) is 13.1. The van der Waals surface area contributed by atoms with Crippen LogP contribution in [0.3, 0.4) is 0 Å². The summed E-state index contributed by atoms with van der Waals surface area (Å²) in [6.45, 7) is 1.70. The molecule has 0 amide bonds. The average Bonchev–Trinajstić information content (AvgIpc) is 3.02. The van der Waals surface area contributed by atoms with Crippen molar-refractivity contribution in [2.45, 2.75) is 56.5 Å². The molecule has 2 nitrogen and oxygen atoms in total. The van der Waals surface area contributed by atoms with Crippen LogP contribution < -0.4 is 5.73 Å². The van der Waals surface area contributed by atoms with E-state index >= 15 is 0 Å². The standard InChI is InChI=1S/C17H25NO/c18-13-17(10-2-1-3-11-17)15-8-6-14(7-9-15)16-5-4-12-19-16/h6-9,16H,1-5,10-13,18H2. The fraction of sp³-hybridized carbons (Fsp3) is 0.647. The van der Waals surface area contributed by atoms with Gasteiger partial charge in [0.1, 0.15) is 0 Å². The van der Waals surface area contributed by atoms with Gasteiger partial charge in [0, 0.05) is 18.6 Å². The summed E-state index contributed by atoms with van der Waals surface area (Å²) in [7, 11) is 0. The van der Waals surface area contributed by atoms with Gasteiger partial charge in [0.25, 0.3) is 0 Å². The van der Waals surface area contributed by atoms with E-state index in [0.717, 1.165) is 13.2 Å². The number of ether oxygens (including phenoxy) is 1. The van der Waals surface area contributed by atoms with Crippen molar-refractivity contribution in [1.82, 2.24) is 0 Å². The highest BCUT2D eigenvalue weighted by atomic mass is 16.5. The molecule has 3 rings (SSSR count). The predicted octanol–water partition coefficient (Wildman–Crippen LogP) is 3.70. The zero-order valence-corrected chi connectivity index (χ0v) is 11.7. The molecule has 2 aliphatic rings. The van der Waals surface area contributed by atoms with Gasteiger partial charge in [-0.05, 0) is 36.8 Å². The Morgan fingerprint density at radius 3 is 2.37 bits per heavy atom. The van der Waals surface area contributed by atoms with Crippen molar-refractivity contribution in [3.05, 3.63) is 35.4 Å². The summed E-state index contributed by atoms with van der Waals surface area (Å²) < 4.78 is 5.75. The zero-order valence-electron chi connectivity index (χ0n) is 11.7. The molecular formula is C17H25NO. The molecule has 1 heterocycles. The summed E-state index contributed by atoms with van der Waals surface area (Å²) in [5.41, 5.74) is 9.13. The van der Waals surface area contributed by atoms with Crippen molar-refractivity contribution in [2.75, 3.05) is 13.2 Å². The van der Waals surface area contributed by atoms with Gasteiger partial charge in [-0.25, -0.2) is 0 Å². The van der Waals surface area contributed by atoms with Gasteiger partial charge in [0.15, 0.2) is 0 Å². The van der Waals surface area contributed by atoms with Crippen LogP contribution in [0.5, 0.6) is 0 Å².